The monoisotopic (exact) mass is 595 g/mol. The largest absolute Gasteiger partial charge is 0.489 e. The molecule has 0 aliphatic carbocycles. The first kappa shape index (κ1) is 30.3. The Morgan fingerprint density at radius 3 is 2.14 bits per heavy atom. The van der Waals surface area contributed by atoms with E-state index in [-0.39, 0.29) is 10.6 Å². The third kappa shape index (κ3) is 7.97. The van der Waals surface area contributed by atoms with Gasteiger partial charge in [-0.2, -0.15) is 18.3 Å². The molecule has 1 amide bonds. The number of rotatable bonds is 10. The van der Waals surface area contributed by atoms with Crippen molar-refractivity contribution in [2.24, 2.45) is 5.10 Å². The maximum Gasteiger partial charge on any atom is 0.416 e. The number of carbonyl (C=O) groups excluding carboxylic acids is 1. The topological polar surface area (TPSA) is 88.1 Å². The molecule has 0 aliphatic heterocycles. The van der Waals surface area contributed by atoms with Crippen LogP contribution in [0.15, 0.2) is 107 Å². The summed E-state index contributed by atoms with van der Waals surface area (Å²) >= 11 is 0. The van der Waals surface area contributed by atoms with E-state index < -0.39 is 34.2 Å². The molecule has 0 saturated carbocycles. The minimum atomic E-state index is -4.71. The lowest BCUT2D eigenvalue weighted by Gasteiger charge is -2.24. The Kier molecular flexibility index (Phi) is 9.31. The highest BCUT2D eigenvalue weighted by molar-refractivity contribution is 7.92. The number of carbonyl (C=O) groups is 1. The van der Waals surface area contributed by atoms with E-state index >= 15 is 0 Å². The van der Waals surface area contributed by atoms with E-state index in [0.29, 0.717) is 28.3 Å². The summed E-state index contributed by atoms with van der Waals surface area (Å²) in [7, 11) is -4.40. The van der Waals surface area contributed by atoms with Crippen molar-refractivity contribution in [3.63, 3.8) is 0 Å². The predicted molar refractivity (Wildman–Crippen MR) is 155 cm³/mol. The summed E-state index contributed by atoms with van der Waals surface area (Å²) in [6, 6.07) is 24.4. The van der Waals surface area contributed by atoms with E-state index in [1.807, 2.05) is 31.2 Å². The molecule has 0 aromatic heterocycles. The Morgan fingerprint density at radius 1 is 0.905 bits per heavy atom. The Hall–Kier alpha value is -4.64. The summed E-state index contributed by atoms with van der Waals surface area (Å²) in [4.78, 5) is 12.6. The highest BCUT2D eigenvalue weighted by Gasteiger charge is 2.33. The van der Waals surface area contributed by atoms with Gasteiger partial charge in [-0.3, -0.25) is 9.10 Å². The van der Waals surface area contributed by atoms with Crippen molar-refractivity contribution in [3.05, 3.63) is 125 Å². The van der Waals surface area contributed by atoms with Gasteiger partial charge in [-0.25, -0.2) is 13.8 Å². The van der Waals surface area contributed by atoms with Crippen molar-refractivity contribution < 1.29 is 31.1 Å². The number of nitrogens with one attached hydrogen (secondary N) is 1. The fraction of sp³-hybridized carbons (Fsp3) is 0.161. The maximum absolute atomic E-state index is 13.4. The van der Waals surface area contributed by atoms with Crippen LogP contribution in [-0.4, -0.2) is 27.1 Å². The van der Waals surface area contributed by atoms with Gasteiger partial charge in [-0.1, -0.05) is 53.6 Å². The summed E-state index contributed by atoms with van der Waals surface area (Å²) in [6.45, 7) is 3.36. The molecule has 0 atom stereocenters. The van der Waals surface area contributed by atoms with Gasteiger partial charge < -0.3 is 4.74 Å². The van der Waals surface area contributed by atoms with Crippen LogP contribution >= 0.6 is 0 Å². The minimum absolute atomic E-state index is 0.175. The van der Waals surface area contributed by atoms with Crippen LogP contribution in [-0.2, 0) is 27.6 Å². The maximum atomic E-state index is 13.4. The quantitative estimate of drug-likeness (QED) is 0.174. The minimum Gasteiger partial charge on any atom is -0.489 e. The molecule has 0 bridgehead atoms. The number of benzene rings is 4. The van der Waals surface area contributed by atoms with Crippen molar-refractivity contribution in [2.75, 3.05) is 10.8 Å². The number of aryl methyl sites for hydroxylation is 2. The van der Waals surface area contributed by atoms with Crippen LogP contribution in [0.5, 0.6) is 5.75 Å². The lowest BCUT2D eigenvalue weighted by molar-refractivity contribution is -0.137. The standard InChI is InChI=1S/C31H28F3N3O4S/c1-22-6-10-25(11-7-22)21-41-28-14-12-24(13-15-28)19-35-36-30(38)20-37(27-5-3-4-26(18-27)31(32,33)34)42(39,40)29-16-8-23(2)9-17-29/h3-19H,20-21H2,1-2H3,(H,36,38)/b35-19-. The van der Waals surface area contributed by atoms with Gasteiger partial charge >= 0.3 is 6.18 Å². The SMILES string of the molecule is Cc1ccc(COc2ccc(/C=N\NC(=O)CN(c3cccc(C(F)(F)F)c3)S(=O)(=O)c3ccc(C)cc3)cc2)cc1. The van der Waals surface area contributed by atoms with E-state index in [1.165, 1.54) is 24.4 Å². The van der Waals surface area contributed by atoms with Gasteiger partial charge in [-0.05, 0) is 79.6 Å². The number of ether oxygens (including phenoxy) is 1. The molecular weight excluding hydrogens is 567 g/mol. The molecule has 218 valence electrons. The van der Waals surface area contributed by atoms with Gasteiger partial charge in [0.15, 0.2) is 0 Å². The molecule has 0 saturated heterocycles. The van der Waals surface area contributed by atoms with Gasteiger partial charge in [0.25, 0.3) is 15.9 Å². The van der Waals surface area contributed by atoms with Gasteiger partial charge in [0.1, 0.15) is 18.9 Å². The molecule has 7 nitrogen and oxygen atoms in total. The molecule has 11 heteroatoms. The Morgan fingerprint density at radius 2 is 1.52 bits per heavy atom. The summed E-state index contributed by atoms with van der Waals surface area (Å²) in [5.41, 5.74) is 4.48. The number of halogens is 3. The molecule has 0 fully saturated rings. The van der Waals surface area contributed by atoms with Crippen molar-refractivity contribution in [1.82, 2.24) is 5.43 Å². The van der Waals surface area contributed by atoms with E-state index in [4.69, 9.17) is 4.74 Å². The zero-order valence-electron chi connectivity index (χ0n) is 22.8. The van der Waals surface area contributed by atoms with Crippen LogP contribution < -0.4 is 14.5 Å². The predicted octanol–water partition coefficient (Wildman–Crippen LogP) is 6.25. The molecule has 0 spiro atoms. The molecule has 4 rings (SSSR count). The molecular formula is C31H28F3N3O4S. The third-order valence-electron chi connectivity index (χ3n) is 6.17. The number of hydrogen-bond acceptors (Lipinski definition) is 5. The van der Waals surface area contributed by atoms with Gasteiger partial charge in [0.2, 0.25) is 0 Å². The number of alkyl halides is 3. The normalized spacial score (nSPS) is 11.8. The number of sulfonamides is 1. The highest BCUT2D eigenvalue weighted by Crippen LogP contribution is 2.33. The molecule has 42 heavy (non-hydrogen) atoms. The second-order valence-electron chi connectivity index (χ2n) is 9.51. The number of hydrazone groups is 1. The Balaban J connectivity index is 1.45. The molecule has 4 aromatic rings. The molecule has 4 aromatic carbocycles. The van der Waals surface area contributed by atoms with Crippen LogP contribution in [0.1, 0.15) is 27.8 Å². The van der Waals surface area contributed by atoms with Gasteiger partial charge in [0, 0.05) is 0 Å². The van der Waals surface area contributed by atoms with E-state index in [1.54, 1.807) is 43.3 Å². The van der Waals surface area contributed by atoms with Crippen LogP contribution in [0.4, 0.5) is 18.9 Å². The molecule has 0 unspecified atom stereocenters. The van der Waals surface area contributed by atoms with Crippen molar-refractivity contribution in [2.45, 2.75) is 31.5 Å². The average Bonchev–Trinajstić information content (AvgIpc) is 2.96. The number of nitrogens with zero attached hydrogens (tertiary/aromatic N) is 2. The van der Waals surface area contributed by atoms with Gasteiger partial charge in [0.05, 0.1) is 22.4 Å². The van der Waals surface area contributed by atoms with Crippen LogP contribution in [0.2, 0.25) is 0 Å². The molecule has 0 heterocycles. The molecule has 0 aliphatic rings. The fourth-order valence-corrected chi connectivity index (χ4v) is 5.25. The van der Waals surface area contributed by atoms with Crippen LogP contribution in [0.25, 0.3) is 0 Å². The zero-order valence-corrected chi connectivity index (χ0v) is 23.6. The second kappa shape index (κ2) is 12.9. The Bertz CT molecular complexity index is 1650. The van der Waals surface area contributed by atoms with Crippen molar-refractivity contribution in [1.29, 1.82) is 0 Å². The number of anilines is 1. The van der Waals surface area contributed by atoms with Gasteiger partial charge in [-0.15, -0.1) is 0 Å². The first-order valence-corrected chi connectivity index (χ1v) is 14.2. The smallest absolute Gasteiger partial charge is 0.416 e. The van der Waals surface area contributed by atoms with E-state index in [9.17, 15) is 26.4 Å². The third-order valence-corrected chi connectivity index (χ3v) is 7.95. The zero-order chi connectivity index (χ0) is 30.3. The lowest BCUT2D eigenvalue weighted by Crippen LogP contribution is -2.39. The van der Waals surface area contributed by atoms with Crippen molar-refractivity contribution >= 4 is 27.8 Å². The Labute approximate surface area is 242 Å². The second-order valence-corrected chi connectivity index (χ2v) is 11.4. The summed E-state index contributed by atoms with van der Waals surface area (Å²) in [5.74, 6) is -0.216. The first-order valence-electron chi connectivity index (χ1n) is 12.8. The first-order chi connectivity index (χ1) is 19.9. The summed E-state index contributed by atoms with van der Waals surface area (Å²) < 4.78 is 73.4. The molecule has 1 N–H and O–H groups in total. The fourth-order valence-electron chi connectivity index (χ4n) is 3.84. The average molecular weight is 596 g/mol. The highest BCUT2D eigenvalue weighted by atomic mass is 32.2. The van der Waals surface area contributed by atoms with Crippen LogP contribution in [0.3, 0.4) is 0 Å². The molecule has 0 radical (unpaired) electrons. The number of amides is 1. The summed E-state index contributed by atoms with van der Waals surface area (Å²) in [6.07, 6.45) is -3.35. The lowest BCUT2D eigenvalue weighted by atomic mass is 10.2. The van der Waals surface area contributed by atoms with E-state index in [2.05, 4.69) is 10.5 Å². The van der Waals surface area contributed by atoms with Crippen LogP contribution in [0, 0.1) is 13.8 Å². The number of hydrogen-bond donors (Lipinski definition) is 1. The van der Waals surface area contributed by atoms with E-state index in [0.717, 1.165) is 28.8 Å². The summed E-state index contributed by atoms with van der Waals surface area (Å²) in [5, 5.41) is 3.88. The van der Waals surface area contributed by atoms with Crippen molar-refractivity contribution in [3.8, 4) is 5.75 Å².